The van der Waals surface area contributed by atoms with E-state index in [0.29, 0.717) is 17.8 Å². The number of hydrogen-bond acceptors (Lipinski definition) is 4. The first-order chi connectivity index (χ1) is 8.65. The third kappa shape index (κ3) is 6.04. The molecule has 19 heavy (non-hydrogen) atoms. The molecule has 0 amide bonds. The topological polar surface area (TPSA) is 75.6 Å². The molecule has 0 saturated heterocycles. The molecule has 4 nitrogen and oxygen atoms in total. The second-order valence-electron chi connectivity index (χ2n) is 3.37. The van der Waals surface area contributed by atoms with Crippen LogP contribution in [-0.2, 0) is 21.8 Å². The van der Waals surface area contributed by atoms with Gasteiger partial charge in [-0.25, -0.2) is 0 Å². The Bertz CT molecular complexity index is 436. The van der Waals surface area contributed by atoms with E-state index in [1.54, 1.807) is 43.4 Å². The molecule has 5 heteroatoms. The van der Waals surface area contributed by atoms with Gasteiger partial charge in [-0.15, -0.1) is 0 Å². The summed E-state index contributed by atoms with van der Waals surface area (Å²) in [4.78, 5) is 0. The number of rotatable bonds is 2. The number of aliphatic hydroxyl groups excluding tert-OH is 1. The van der Waals surface area contributed by atoms with Crippen LogP contribution in [0.2, 0.25) is 0 Å². The molecule has 2 aliphatic carbocycles. The Morgan fingerprint density at radius 1 is 1.00 bits per heavy atom. The van der Waals surface area contributed by atoms with Gasteiger partial charge in [-0.1, -0.05) is 55.5 Å². The van der Waals surface area contributed by atoms with Crippen LogP contribution in [0.5, 0.6) is 0 Å². The smallest absolute Gasteiger partial charge is 0.629 e. The quantitative estimate of drug-likeness (QED) is 0.609. The van der Waals surface area contributed by atoms with Gasteiger partial charge in [0.2, 0.25) is 0 Å². The van der Waals surface area contributed by atoms with Gasteiger partial charge in [0.05, 0.1) is 11.9 Å². The number of aliphatic hydroxyl groups is 1. The van der Waals surface area contributed by atoms with Crippen LogP contribution in [-0.4, -0.2) is 11.7 Å². The summed E-state index contributed by atoms with van der Waals surface area (Å²) in [5.41, 5.74) is 0.979. The molecule has 0 aliphatic heterocycles. The van der Waals surface area contributed by atoms with E-state index in [4.69, 9.17) is 9.84 Å². The molecule has 0 aromatic heterocycles. The van der Waals surface area contributed by atoms with Gasteiger partial charge >= 0.3 is 17.1 Å². The zero-order valence-corrected chi connectivity index (χ0v) is 11.5. The normalized spacial score (nSPS) is 13.9. The van der Waals surface area contributed by atoms with Crippen molar-refractivity contribution in [3.05, 3.63) is 71.6 Å². The summed E-state index contributed by atoms with van der Waals surface area (Å²) in [7, 11) is 0. The van der Waals surface area contributed by atoms with E-state index in [1.165, 1.54) is 0 Å². The Labute approximate surface area is 122 Å². The average Bonchev–Trinajstić information content (AvgIpc) is 3.04. The average molecular weight is 302 g/mol. The fourth-order valence-corrected chi connectivity index (χ4v) is 1.24. The Morgan fingerprint density at radius 2 is 1.42 bits per heavy atom. The predicted molar refractivity (Wildman–Crippen MR) is 64.9 cm³/mol. The maximum atomic E-state index is 10.9. The molecular weight excluding hydrogens is 288 g/mol. The summed E-state index contributed by atoms with van der Waals surface area (Å²) in [5, 5.41) is 29.2. The van der Waals surface area contributed by atoms with Crippen molar-refractivity contribution in [2.75, 3.05) is 6.61 Å². The Kier molecular flexibility index (Phi) is 8.25. The molecule has 0 bridgehead atoms. The van der Waals surface area contributed by atoms with Crippen LogP contribution in [0.3, 0.4) is 0 Å². The molecule has 2 aliphatic rings. The Balaban J connectivity index is 0.000000331. The minimum atomic E-state index is -0.866. The standard InChI is InChI=1S/C8H10O2.C6H6O2.Fe/c1-2-10-8(9)7-5-3-4-6-7;7-6(8)5-3-1-2-4-5;/h3-6,9H,2H2,1H3;1-4,7-8H;/q;;+2/p-2. The van der Waals surface area contributed by atoms with Gasteiger partial charge in [0.1, 0.15) is 0 Å². The molecule has 1 N–H and O–H groups in total. The van der Waals surface area contributed by atoms with Gasteiger partial charge in [0.25, 0.3) is 0 Å². The van der Waals surface area contributed by atoms with Crippen LogP contribution in [0.4, 0.5) is 0 Å². The van der Waals surface area contributed by atoms with Crippen LogP contribution in [0, 0.1) is 0 Å². The van der Waals surface area contributed by atoms with Crippen LogP contribution in [0.25, 0.3) is 0 Å². The first-order valence-electron chi connectivity index (χ1n) is 5.49. The van der Waals surface area contributed by atoms with E-state index in [1.807, 2.05) is 12.2 Å². The van der Waals surface area contributed by atoms with Crippen molar-refractivity contribution >= 4 is 0 Å². The maximum absolute atomic E-state index is 10.9. The summed E-state index contributed by atoms with van der Waals surface area (Å²) in [6, 6.07) is 0. The van der Waals surface area contributed by atoms with Gasteiger partial charge in [-0.3, -0.25) is 0 Å². The zero-order valence-electron chi connectivity index (χ0n) is 10.4. The summed E-state index contributed by atoms with van der Waals surface area (Å²) in [6.45, 7) is 2.23. The van der Waals surface area contributed by atoms with Crippen molar-refractivity contribution in [3.63, 3.8) is 0 Å². The molecule has 0 radical (unpaired) electrons. The second-order valence-corrected chi connectivity index (χ2v) is 3.37. The van der Waals surface area contributed by atoms with Crippen LogP contribution >= 0.6 is 0 Å². The van der Waals surface area contributed by atoms with Crippen molar-refractivity contribution in [3.8, 4) is 0 Å². The van der Waals surface area contributed by atoms with E-state index in [9.17, 15) is 10.2 Å². The molecule has 0 atom stereocenters. The third-order valence-corrected chi connectivity index (χ3v) is 2.08. The molecule has 0 unspecified atom stereocenters. The third-order valence-electron chi connectivity index (χ3n) is 2.08. The van der Waals surface area contributed by atoms with Gasteiger partial charge in [0.15, 0.2) is 0 Å². The SMILES string of the molecule is CCOC([O-])=C1C=CC=C1.[Fe+2].[O-]C(O)=C1C=CC=C1. The summed E-state index contributed by atoms with van der Waals surface area (Å²) in [5.74, 6) is -1.11. The second kappa shape index (κ2) is 9.14. The largest absolute Gasteiger partial charge is 2.00 e. The van der Waals surface area contributed by atoms with Crippen LogP contribution in [0.15, 0.2) is 71.6 Å². The predicted octanol–water partition coefficient (Wildman–Crippen LogP) is 0.961. The van der Waals surface area contributed by atoms with E-state index in [-0.39, 0.29) is 23.0 Å². The fourth-order valence-electron chi connectivity index (χ4n) is 1.24. The molecule has 0 aromatic rings. The van der Waals surface area contributed by atoms with E-state index >= 15 is 0 Å². The van der Waals surface area contributed by atoms with Gasteiger partial charge in [0, 0.05) is 0 Å². The first kappa shape index (κ1) is 17.2. The fraction of sp³-hybridized carbons (Fsp3) is 0.143. The molecule has 0 saturated carbocycles. The van der Waals surface area contributed by atoms with Crippen molar-refractivity contribution in [1.29, 1.82) is 0 Å². The van der Waals surface area contributed by atoms with Crippen LogP contribution < -0.4 is 10.2 Å². The van der Waals surface area contributed by atoms with Crippen molar-refractivity contribution in [1.82, 2.24) is 0 Å². The van der Waals surface area contributed by atoms with Crippen molar-refractivity contribution in [2.45, 2.75) is 6.92 Å². The molecule has 0 spiro atoms. The molecular formula is C14H14FeO4. The Morgan fingerprint density at radius 3 is 1.74 bits per heavy atom. The molecule has 102 valence electrons. The van der Waals surface area contributed by atoms with E-state index in [2.05, 4.69) is 0 Å². The maximum Gasteiger partial charge on any atom is 2.00 e. The first-order valence-corrected chi connectivity index (χ1v) is 5.49. The number of ether oxygens (including phenoxy) is 1. The minimum absolute atomic E-state index is 0. The summed E-state index contributed by atoms with van der Waals surface area (Å²) >= 11 is 0. The monoisotopic (exact) mass is 302 g/mol. The molecule has 0 fully saturated rings. The molecule has 0 heterocycles. The van der Waals surface area contributed by atoms with Gasteiger partial charge in [-0.05, 0) is 17.8 Å². The van der Waals surface area contributed by atoms with E-state index in [0.717, 1.165) is 0 Å². The zero-order chi connectivity index (χ0) is 13.4. The number of allylic oxidation sites excluding steroid dienone is 10. The van der Waals surface area contributed by atoms with Gasteiger partial charge < -0.3 is 20.1 Å². The van der Waals surface area contributed by atoms with Crippen LogP contribution in [0.1, 0.15) is 6.92 Å². The minimum Gasteiger partial charge on any atom is -0.629 e. The summed E-state index contributed by atoms with van der Waals surface area (Å²) < 4.78 is 4.75. The molecule has 2 rings (SSSR count). The number of hydrogen-bond donors (Lipinski definition) is 1. The van der Waals surface area contributed by atoms with Crippen molar-refractivity contribution in [2.24, 2.45) is 0 Å². The summed E-state index contributed by atoms with van der Waals surface area (Å²) in [6.07, 6.45) is 13.6. The van der Waals surface area contributed by atoms with Crippen molar-refractivity contribution < 1.29 is 37.1 Å². The molecule has 0 aromatic carbocycles. The van der Waals surface area contributed by atoms with E-state index < -0.39 is 5.95 Å². The van der Waals surface area contributed by atoms with Gasteiger partial charge in [-0.2, -0.15) is 0 Å². The Hall–Kier alpha value is -1.84.